The zero-order chi connectivity index (χ0) is 8.39. The van der Waals surface area contributed by atoms with Crippen LogP contribution < -0.4 is 5.32 Å². The molecule has 0 saturated heterocycles. The molecule has 3 heteroatoms. The molecule has 72 valence electrons. The number of benzene rings is 1. The molecule has 0 saturated carbocycles. The molecule has 1 aliphatic heterocycles. The summed E-state index contributed by atoms with van der Waals surface area (Å²) in [5.74, 6) is -0.0677. The van der Waals surface area contributed by atoms with Gasteiger partial charge in [0.1, 0.15) is 5.82 Å². The average Bonchev–Trinajstić information content (AvgIpc) is 2.30. The largest absolute Gasteiger partial charge is 0.313 e. The van der Waals surface area contributed by atoms with Crippen molar-refractivity contribution in [3.05, 3.63) is 35.1 Å². The molecule has 0 fully saturated rings. The zero-order valence-electron chi connectivity index (χ0n) is 7.35. The summed E-state index contributed by atoms with van der Waals surface area (Å²) in [6.45, 7) is 1.68. The number of hydrogen-bond donors (Lipinski definition) is 1. The van der Waals surface area contributed by atoms with E-state index in [2.05, 4.69) is 5.32 Å². The Labute approximate surface area is 83.8 Å². The molecule has 0 radical (unpaired) electrons. The Morgan fingerprint density at radius 1 is 1.31 bits per heavy atom. The van der Waals surface area contributed by atoms with Crippen LogP contribution in [0.2, 0.25) is 0 Å². The molecule has 0 unspecified atom stereocenters. The van der Waals surface area contributed by atoms with Gasteiger partial charge in [-0.1, -0.05) is 12.1 Å². The Balaban J connectivity index is 0.000000845. The van der Waals surface area contributed by atoms with E-state index in [9.17, 15) is 4.39 Å². The predicted octanol–water partition coefficient (Wildman–Crippen LogP) is 2.28. The first kappa shape index (κ1) is 10.5. The van der Waals surface area contributed by atoms with E-state index in [1.165, 1.54) is 11.6 Å². The van der Waals surface area contributed by atoms with E-state index in [4.69, 9.17) is 0 Å². The molecule has 0 aromatic heterocycles. The lowest BCUT2D eigenvalue weighted by Gasteiger charge is -2.05. The Bertz CT molecular complexity index is 288. The number of hydrogen-bond acceptors (Lipinski definition) is 1. The van der Waals surface area contributed by atoms with Crippen molar-refractivity contribution < 1.29 is 4.39 Å². The summed E-state index contributed by atoms with van der Waals surface area (Å²) in [6.07, 6.45) is 2.11. The molecule has 1 nitrogen and oxygen atoms in total. The molecular formula is C10H13ClFN. The van der Waals surface area contributed by atoms with Gasteiger partial charge in [-0.3, -0.25) is 0 Å². The number of nitrogens with one attached hydrogen (secondary N) is 1. The van der Waals surface area contributed by atoms with E-state index in [-0.39, 0.29) is 18.2 Å². The maximum atomic E-state index is 13.2. The van der Waals surface area contributed by atoms with Crippen LogP contribution in [0.15, 0.2) is 18.2 Å². The normalized spacial score (nSPS) is 15.5. The van der Waals surface area contributed by atoms with Crippen LogP contribution in [0.25, 0.3) is 0 Å². The minimum atomic E-state index is -0.0677. The molecule has 1 aliphatic rings. The first-order valence-electron chi connectivity index (χ1n) is 4.35. The fourth-order valence-electron chi connectivity index (χ4n) is 1.65. The Morgan fingerprint density at radius 2 is 2.15 bits per heavy atom. The van der Waals surface area contributed by atoms with Crippen LogP contribution in [-0.2, 0) is 13.0 Å². The summed E-state index contributed by atoms with van der Waals surface area (Å²) >= 11 is 0. The van der Waals surface area contributed by atoms with Crippen molar-refractivity contribution in [3.8, 4) is 0 Å². The molecule has 13 heavy (non-hydrogen) atoms. The van der Waals surface area contributed by atoms with Gasteiger partial charge in [0.05, 0.1) is 0 Å². The molecule has 1 heterocycles. The monoisotopic (exact) mass is 201 g/mol. The van der Waals surface area contributed by atoms with Gasteiger partial charge in [-0.2, -0.15) is 0 Å². The van der Waals surface area contributed by atoms with Crippen molar-refractivity contribution in [2.45, 2.75) is 19.4 Å². The summed E-state index contributed by atoms with van der Waals surface area (Å²) < 4.78 is 13.2. The van der Waals surface area contributed by atoms with E-state index in [1.54, 1.807) is 6.07 Å². The highest BCUT2D eigenvalue weighted by Gasteiger charge is 2.10. The lowest BCUT2D eigenvalue weighted by atomic mass is 10.0. The van der Waals surface area contributed by atoms with Crippen LogP contribution in [0, 0.1) is 5.82 Å². The third kappa shape index (κ3) is 2.20. The van der Waals surface area contributed by atoms with Crippen LogP contribution in [0.1, 0.15) is 17.5 Å². The first-order chi connectivity index (χ1) is 5.88. The van der Waals surface area contributed by atoms with Gasteiger partial charge in [0.25, 0.3) is 0 Å². The molecule has 1 aromatic carbocycles. The smallest absolute Gasteiger partial charge is 0.127 e. The van der Waals surface area contributed by atoms with E-state index >= 15 is 0 Å². The fourth-order valence-corrected chi connectivity index (χ4v) is 1.65. The van der Waals surface area contributed by atoms with E-state index in [0.717, 1.165) is 24.9 Å². The molecule has 0 amide bonds. The van der Waals surface area contributed by atoms with Crippen molar-refractivity contribution in [2.24, 2.45) is 0 Å². The maximum absolute atomic E-state index is 13.2. The Morgan fingerprint density at radius 3 is 3.00 bits per heavy atom. The molecule has 0 aliphatic carbocycles. The topological polar surface area (TPSA) is 12.0 Å². The van der Waals surface area contributed by atoms with Gasteiger partial charge in [0.15, 0.2) is 0 Å². The van der Waals surface area contributed by atoms with Crippen molar-refractivity contribution >= 4 is 12.4 Å². The minimum absolute atomic E-state index is 0. The minimum Gasteiger partial charge on any atom is -0.313 e. The molecule has 0 bridgehead atoms. The third-order valence-corrected chi connectivity index (χ3v) is 2.32. The quantitative estimate of drug-likeness (QED) is 0.679. The van der Waals surface area contributed by atoms with Crippen LogP contribution in [0.4, 0.5) is 4.39 Å². The van der Waals surface area contributed by atoms with Gasteiger partial charge >= 0.3 is 0 Å². The Kier molecular flexibility index (Phi) is 3.70. The third-order valence-electron chi connectivity index (χ3n) is 2.32. The second kappa shape index (κ2) is 4.58. The van der Waals surface area contributed by atoms with Crippen molar-refractivity contribution in [1.82, 2.24) is 5.32 Å². The van der Waals surface area contributed by atoms with Crippen LogP contribution in [0.3, 0.4) is 0 Å². The number of fused-ring (bicyclic) bond motifs is 1. The van der Waals surface area contributed by atoms with Gasteiger partial charge in [-0.25, -0.2) is 4.39 Å². The van der Waals surface area contributed by atoms with E-state index in [1.807, 2.05) is 6.07 Å². The summed E-state index contributed by atoms with van der Waals surface area (Å²) in [6, 6.07) is 5.34. The molecule has 0 spiro atoms. The van der Waals surface area contributed by atoms with Gasteiger partial charge in [-0.05, 0) is 31.0 Å². The number of aryl methyl sites for hydroxylation is 1. The highest BCUT2D eigenvalue weighted by Crippen LogP contribution is 2.16. The second-order valence-electron chi connectivity index (χ2n) is 3.16. The van der Waals surface area contributed by atoms with Crippen molar-refractivity contribution in [1.29, 1.82) is 0 Å². The zero-order valence-corrected chi connectivity index (χ0v) is 8.16. The molecule has 1 N–H and O–H groups in total. The summed E-state index contributed by atoms with van der Waals surface area (Å²) in [4.78, 5) is 0. The highest BCUT2D eigenvalue weighted by atomic mass is 35.5. The molecule has 1 aromatic rings. The first-order valence-corrected chi connectivity index (χ1v) is 4.35. The molecule has 2 rings (SSSR count). The second-order valence-corrected chi connectivity index (χ2v) is 3.16. The fraction of sp³-hybridized carbons (Fsp3) is 0.400. The van der Waals surface area contributed by atoms with Crippen LogP contribution in [-0.4, -0.2) is 6.54 Å². The van der Waals surface area contributed by atoms with Gasteiger partial charge < -0.3 is 5.32 Å². The predicted molar refractivity (Wildman–Crippen MR) is 53.7 cm³/mol. The summed E-state index contributed by atoms with van der Waals surface area (Å²) in [7, 11) is 0. The van der Waals surface area contributed by atoms with Crippen molar-refractivity contribution in [2.75, 3.05) is 6.54 Å². The van der Waals surface area contributed by atoms with E-state index < -0.39 is 0 Å². The van der Waals surface area contributed by atoms with Crippen LogP contribution >= 0.6 is 12.4 Å². The summed E-state index contributed by atoms with van der Waals surface area (Å²) in [5, 5.41) is 3.20. The van der Waals surface area contributed by atoms with E-state index in [0.29, 0.717) is 6.54 Å². The highest BCUT2D eigenvalue weighted by molar-refractivity contribution is 5.85. The number of halogens is 2. The van der Waals surface area contributed by atoms with Crippen molar-refractivity contribution in [3.63, 3.8) is 0 Å². The van der Waals surface area contributed by atoms with Crippen LogP contribution in [0.5, 0.6) is 0 Å². The average molecular weight is 202 g/mol. The number of rotatable bonds is 0. The van der Waals surface area contributed by atoms with Gasteiger partial charge in [-0.15, -0.1) is 12.4 Å². The maximum Gasteiger partial charge on any atom is 0.127 e. The Hall–Kier alpha value is -0.600. The molecular weight excluding hydrogens is 189 g/mol. The standard InChI is InChI=1S/C10H12FN.ClH/c11-10-5-1-3-8-4-2-6-12-7-9(8)10;/h1,3,5,12H,2,4,6-7H2;1H. The van der Waals surface area contributed by atoms with Gasteiger partial charge in [0.2, 0.25) is 0 Å². The molecule has 0 atom stereocenters. The lowest BCUT2D eigenvalue weighted by molar-refractivity contribution is 0.594. The summed E-state index contributed by atoms with van der Waals surface area (Å²) in [5.41, 5.74) is 2.02. The van der Waals surface area contributed by atoms with Gasteiger partial charge in [0, 0.05) is 12.1 Å². The SMILES string of the molecule is Cl.Fc1cccc2c1CNCCC2. The lowest BCUT2D eigenvalue weighted by Crippen LogP contribution is -2.12.